The van der Waals surface area contributed by atoms with E-state index in [0.29, 0.717) is 13.0 Å². The number of amides is 1. The number of carbonyl (C=O) groups excluding carboxylic acids is 1. The van der Waals surface area contributed by atoms with Gasteiger partial charge in [0.2, 0.25) is 5.91 Å². The van der Waals surface area contributed by atoms with Crippen LogP contribution >= 0.6 is 0 Å². The van der Waals surface area contributed by atoms with Crippen molar-refractivity contribution in [1.82, 2.24) is 25.0 Å². The van der Waals surface area contributed by atoms with E-state index in [9.17, 15) is 4.79 Å². The van der Waals surface area contributed by atoms with Gasteiger partial charge in [0.1, 0.15) is 12.7 Å². The van der Waals surface area contributed by atoms with Crippen molar-refractivity contribution in [2.24, 2.45) is 0 Å². The Labute approximate surface area is 148 Å². The van der Waals surface area contributed by atoms with Crippen molar-refractivity contribution < 1.29 is 9.53 Å². The fraction of sp³-hybridized carbons (Fsp3) is 0.500. The number of aromatic nitrogens is 3. The molecular formula is C18H25N5O2. The van der Waals surface area contributed by atoms with E-state index in [1.807, 2.05) is 0 Å². The summed E-state index contributed by atoms with van der Waals surface area (Å²) in [5, 5.41) is 7.21. The summed E-state index contributed by atoms with van der Waals surface area (Å²) in [6, 6.07) is 8.34. The van der Waals surface area contributed by atoms with E-state index in [1.165, 1.54) is 11.9 Å². The zero-order valence-electron chi connectivity index (χ0n) is 14.6. The van der Waals surface area contributed by atoms with Crippen molar-refractivity contribution in [3.63, 3.8) is 0 Å². The summed E-state index contributed by atoms with van der Waals surface area (Å²) in [4.78, 5) is 18.6. The molecule has 0 unspecified atom stereocenters. The van der Waals surface area contributed by atoms with E-state index in [1.54, 1.807) is 11.0 Å². The van der Waals surface area contributed by atoms with E-state index in [2.05, 4.69) is 51.5 Å². The summed E-state index contributed by atoms with van der Waals surface area (Å²) in [6.45, 7) is 6.69. The normalized spacial score (nSPS) is 16.5. The van der Waals surface area contributed by atoms with Crippen molar-refractivity contribution in [3.05, 3.63) is 48.0 Å². The quantitative estimate of drug-likeness (QED) is 0.817. The second-order valence-electron chi connectivity index (χ2n) is 6.35. The van der Waals surface area contributed by atoms with Crippen LogP contribution in [-0.2, 0) is 16.1 Å². The summed E-state index contributed by atoms with van der Waals surface area (Å²) in [7, 11) is 0. The Morgan fingerprint density at radius 3 is 2.72 bits per heavy atom. The third kappa shape index (κ3) is 5.37. The first-order valence-electron chi connectivity index (χ1n) is 8.69. The van der Waals surface area contributed by atoms with Gasteiger partial charge in [-0.2, -0.15) is 5.10 Å². The zero-order valence-corrected chi connectivity index (χ0v) is 14.6. The van der Waals surface area contributed by atoms with Gasteiger partial charge in [-0.1, -0.05) is 29.8 Å². The van der Waals surface area contributed by atoms with Crippen LogP contribution in [0.4, 0.5) is 0 Å². The van der Waals surface area contributed by atoms with E-state index >= 15 is 0 Å². The number of hydrogen-bond acceptors (Lipinski definition) is 5. The zero-order chi connectivity index (χ0) is 17.5. The Bertz CT molecular complexity index is 651. The molecule has 7 nitrogen and oxygen atoms in total. The van der Waals surface area contributed by atoms with Crippen molar-refractivity contribution in [3.8, 4) is 0 Å². The van der Waals surface area contributed by atoms with Crippen molar-refractivity contribution >= 4 is 5.91 Å². The van der Waals surface area contributed by atoms with Gasteiger partial charge in [0.25, 0.3) is 0 Å². The van der Waals surface area contributed by atoms with Gasteiger partial charge in [-0.15, -0.1) is 0 Å². The summed E-state index contributed by atoms with van der Waals surface area (Å²) in [6.07, 6.45) is 3.48. The van der Waals surface area contributed by atoms with Crippen LogP contribution in [0.25, 0.3) is 0 Å². The Morgan fingerprint density at radius 1 is 1.28 bits per heavy atom. The number of ether oxygens (including phenoxy) is 1. The monoisotopic (exact) mass is 343 g/mol. The molecule has 1 aromatic heterocycles. The Kier molecular flexibility index (Phi) is 6.14. The molecule has 1 aliphatic heterocycles. The number of morpholine rings is 1. The maximum Gasteiger partial charge on any atom is 0.222 e. The average Bonchev–Trinajstić information content (AvgIpc) is 3.15. The SMILES string of the molecule is Cc1ccc([C@H](CN2CCOCC2)NC(=O)CCn2cncn2)cc1. The van der Waals surface area contributed by atoms with Crippen molar-refractivity contribution in [2.75, 3.05) is 32.8 Å². The first-order chi connectivity index (χ1) is 12.2. The topological polar surface area (TPSA) is 72.3 Å². The third-order valence-corrected chi connectivity index (χ3v) is 4.39. The number of nitrogens with one attached hydrogen (secondary N) is 1. The predicted molar refractivity (Wildman–Crippen MR) is 94.0 cm³/mol. The largest absolute Gasteiger partial charge is 0.379 e. The van der Waals surface area contributed by atoms with Gasteiger partial charge >= 0.3 is 0 Å². The lowest BCUT2D eigenvalue weighted by atomic mass is 10.0. The Balaban J connectivity index is 1.62. The molecule has 1 fully saturated rings. The Hall–Kier alpha value is -2.25. The third-order valence-electron chi connectivity index (χ3n) is 4.39. The lowest BCUT2D eigenvalue weighted by Gasteiger charge is -2.31. The molecule has 7 heteroatoms. The first-order valence-corrected chi connectivity index (χ1v) is 8.69. The molecule has 25 heavy (non-hydrogen) atoms. The standard InChI is InChI=1S/C18H25N5O2/c1-15-2-4-16(5-3-15)17(12-22-8-10-25-11-9-22)21-18(24)6-7-23-14-19-13-20-23/h2-5,13-14,17H,6-12H2,1H3,(H,21,24)/t17-/m0/s1. The van der Waals surface area contributed by atoms with Crippen LogP contribution in [0, 0.1) is 6.92 Å². The van der Waals surface area contributed by atoms with Gasteiger partial charge in [-0.25, -0.2) is 4.98 Å². The molecule has 3 rings (SSSR count). The minimum atomic E-state index is -0.0260. The maximum absolute atomic E-state index is 12.4. The molecule has 134 valence electrons. The van der Waals surface area contributed by atoms with Crippen LogP contribution in [0.5, 0.6) is 0 Å². The number of carbonyl (C=O) groups is 1. The summed E-state index contributed by atoms with van der Waals surface area (Å²) < 4.78 is 7.09. The lowest BCUT2D eigenvalue weighted by Crippen LogP contribution is -2.43. The predicted octanol–water partition coefficient (Wildman–Crippen LogP) is 1.17. The molecule has 2 heterocycles. The first kappa shape index (κ1) is 17.6. The molecule has 1 atom stereocenters. The second-order valence-corrected chi connectivity index (χ2v) is 6.35. The number of rotatable bonds is 7. The molecule has 0 radical (unpaired) electrons. The molecule has 2 aromatic rings. The van der Waals surface area contributed by atoms with E-state index in [-0.39, 0.29) is 11.9 Å². The fourth-order valence-corrected chi connectivity index (χ4v) is 2.91. The van der Waals surface area contributed by atoms with E-state index in [4.69, 9.17) is 4.74 Å². The van der Waals surface area contributed by atoms with Gasteiger partial charge in [0, 0.05) is 26.1 Å². The summed E-state index contributed by atoms with van der Waals surface area (Å²) >= 11 is 0. The van der Waals surface area contributed by atoms with Crippen molar-refractivity contribution in [1.29, 1.82) is 0 Å². The molecule has 1 amide bonds. The molecule has 0 aliphatic carbocycles. The molecular weight excluding hydrogens is 318 g/mol. The van der Waals surface area contributed by atoms with Crippen LogP contribution in [0.3, 0.4) is 0 Å². The highest BCUT2D eigenvalue weighted by molar-refractivity contribution is 5.76. The van der Waals surface area contributed by atoms with Crippen molar-refractivity contribution in [2.45, 2.75) is 25.9 Å². The molecule has 0 spiro atoms. The van der Waals surface area contributed by atoms with Crippen LogP contribution < -0.4 is 5.32 Å². The number of aryl methyl sites for hydroxylation is 2. The highest BCUT2D eigenvalue weighted by Crippen LogP contribution is 2.16. The Morgan fingerprint density at radius 2 is 2.04 bits per heavy atom. The smallest absolute Gasteiger partial charge is 0.222 e. The fourth-order valence-electron chi connectivity index (χ4n) is 2.91. The van der Waals surface area contributed by atoms with Crippen LogP contribution in [0.15, 0.2) is 36.9 Å². The van der Waals surface area contributed by atoms with Gasteiger partial charge in [0.15, 0.2) is 0 Å². The minimum Gasteiger partial charge on any atom is -0.379 e. The van der Waals surface area contributed by atoms with Gasteiger partial charge in [-0.05, 0) is 12.5 Å². The number of nitrogens with zero attached hydrogens (tertiary/aromatic N) is 4. The molecule has 0 bridgehead atoms. The number of benzene rings is 1. The molecule has 1 saturated heterocycles. The summed E-state index contributed by atoms with van der Waals surface area (Å²) in [5.74, 6) is 0.0225. The molecule has 1 aromatic carbocycles. The summed E-state index contributed by atoms with van der Waals surface area (Å²) in [5.41, 5.74) is 2.34. The van der Waals surface area contributed by atoms with Crippen LogP contribution in [-0.4, -0.2) is 58.4 Å². The van der Waals surface area contributed by atoms with Crippen LogP contribution in [0.1, 0.15) is 23.6 Å². The molecule has 1 aliphatic rings. The lowest BCUT2D eigenvalue weighted by molar-refractivity contribution is -0.122. The van der Waals surface area contributed by atoms with E-state index in [0.717, 1.165) is 38.4 Å². The highest BCUT2D eigenvalue weighted by Gasteiger charge is 2.20. The second kappa shape index (κ2) is 8.73. The highest BCUT2D eigenvalue weighted by atomic mass is 16.5. The van der Waals surface area contributed by atoms with Gasteiger partial charge in [-0.3, -0.25) is 14.4 Å². The molecule has 1 N–H and O–H groups in total. The molecule has 0 saturated carbocycles. The maximum atomic E-state index is 12.4. The van der Waals surface area contributed by atoms with Crippen LogP contribution in [0.2, 0.25) is 0 Å². The van der Waals surface area contributed by atoms with Gasteiger partial charge in [0.05, 0.1) is 25.8 Å². The average molecular weight is 343 g/mol. The van der Waals surface area contributed by atoms with Gasteiger partial charge < -0.3 is 10.1 Å². The number of hydrogen-bond donors (Lipinski definition) is 1. The minimum absolute atomic E-state index is 0.0225. The van der Waals surface area contributed by atoms with E-state index < -0.39 is 0 Å².